The zero-order valence-corrected chi connectivity index (χ0v) is 20.3. The van der Waals surface area contributed by atoms with Crippen LogP contribution < -0.4 is 4.90 Å². The number of nitrogens with zero attached hydrogens (tertiary/aromatic N) is 5. The van der Waals surface area contributed by atoms with Gasteiger partial charge in [0.05, 0.1) is 18.3 Å². The molecule has 1 saturated heterocycles. The summed E-state index contributed by atoms with van der Waals surface area (Å²) in [5, 5.41) is 2.24. The number of hydrogen-bond acceptors (Lipinski definition) is 6. The molecule has 1 N–H and O–H groups in total. The number of piperidine rings is 1. The maximum atomic E-state index is 5.46. The van der Waals surface area contributed by atoms with Crippen molar-refractivity contribution >= 4 is 27.8 Å². The molecule has 7 nitrogen and oxygen atoms in total. The molecule has 0 atom stereocenters. The fraction of sp³-hybridized carbons (Fsp3) is 0.481. The maximum Gasteiger partial charge on any atom is 0.163 e. The maximum absolute atomic E-state index is 5.46. The summed E-state index contributed by atoms with van der Waals surface area (Å²) < 4.78 is 5.46. The Balaban J connectivity index is 1.54. The minimum Gasteiger partial charge on any atom is -0.384 e. The SMILES string of the molecule is COCC(C)(C)c1cc2c(-c3nc(N4CCCCC4)c4c(C5CC5)cncc4n3)ccnc2[nH]1. The monoisotopic (exact) mass is 456 g/mol. The van der Waals surface area contributed by atoms with Gasteiger partial charge in [0, 0.05) is 60.0 Å². The molecule has 6 rings (SSSR count). The van der Waals surface area contributed by atoms with Crippen molar-refractivity contribution in [3.63, 3.8) is 0 Å². The van der Waals surface area contributed by atoms with Crippen LogP contribution in [0.4, 0.5) is 5.82 Å². The number of fused-ring (bicyclic) bond motifs is 2. The van der Waals surface area contributed by atoms with Crippen molar-refractivity contribution in [3.8, 4) is 11.4 Å². The number of methoxy groups -OCH3 is 1. The topological polar surface area (TPSA) is 79.8 Å². The first-order chi connectivity index (χ1) is 16.5. The zero-order valence-electron chi connectivity index (χ0n) is 20.3. The van der Waals surface area contributed by atoms with E-state index >= 15 is 0 Å². The molecule has 2 aliphatic rings. The van der Waals surface area contributed by atoms with Gasteiger partial charge in [0.2, 0.25) is 0 Å². The first-order valence-corrected chi connectivity index (χ1v) is 12.4. The first-order valence-electron chi connectivity index (χ1n) is 12.4. The first kappa shape index (κ1) is 21.5. The molecular formula is C27H32N6O. The van der Waals surface area contributed by atoms with Crippen LogP contribution in [-0.4, -0.2) is 51.7 Å². The summed E-state index contributed by atoms with van der Waals surface area (Å²) in [4.78, 5) is 25.5. The molecule has 1 saturated carbocycles. The molecule has 0 unspecified atom stereocenters. The zero-order chi connectivity index (χ0) is 23.3. The van der Waals surface area contributed by atoms with E-state index in [2.05, 4.69) is 39.8 Å². The molecule has 0 aromatic carbocycles. The lowest BCUT2D eigenvalue weighted by molar-refractivity contribution is 0.145. The molecule has 0 radical (unpaired) electrons. The van der Waals surface area contributed by atoms with Crippen LogP contribution in [0.5, 0.6) is 0 Å². The van der Waals surface area contributed by atoms with E-state index < -0.39 is 0 Å². The molecule has 0 amide bonds. The summed E-state index contributed by atoms with van der Waals surface area (Å²) in [5.41, 5.74) is 5.05. The number of aromatic nitrogens is 5. The number of ether oxygens (including phenoxy) is 1. The fourth-order valence-corrected chi connectivity index (χ4v) is 5.27. The summed E-state index contributed by atoms with van der Waals surface area (Å²) in [7, 11) is 1.74. The lowest BCUT2D eigenvalue weighted by atomic mass is 9.90. The van der Waals surface area contributed by atoms with E-state index in [1.54, 1.807) is 7.11 Å². The van der Waals surface area contributed by atoms with Crippen molar-refractivity contribution in [2.24, 2.45) is 0 Å². The normalized spacial score (nSPS) is 17.1. The van der Waals surface area contributed by atoms with Gasteiger partial charge < -0.3 is 14.6 Å². The summed E-state index contributed by atoms with van der Waals surface area (Å²) >= 11 is 0. The molecule has 4 aromatic rings. The highest BCUT2D eigenvalue weighted by Gasteiger charge is 2.30. The Labute approximate surface area is 200 Å². The molecule has 176 valence electrons. The Morgan fingerprint density at radius 2 is 1.94 bits per heavy atom. The molecule has 1 aliphatic carbocycles. The van der Waals surface area contributed by atoms with E-state index in [-0.39, 0.29) is 5.41 Å². The van der Waals surface area contributed by atoms with E-state index in [0.29, 0.717) is 12.5 Å². The van der Waals surface area contributed by atoms with E-state index in [0.717, 1.165) is 52.5 Å². The molecule has 5 heterocycles. The van der Waals surface area contributed by atoms with Gasteiger partial charge in [-0.3, -0.25) is 4.98 Å². The average molecular weight is 457 g/mol. The van der Waals surface area contributed by atoms with Crippen LogP contribution in [-0.2, 0) is 10.2 Å². The van der Waals surface area contributed by atoms with Crippen LogP contribution in [0.15, 0.2) is 30.7 Å². The van der Waals surface area contributed by atoms with Gasteiger partial charge in [-0.25, -0.2) is 15.0 Å². The molecule has 0 bridgehead atoms. The number of H-pyrrole nitrogens is 1. The molecule has 0 spiro atoms. The third-order valence-corrected chi connectivity index (χ3v) is 7.30. The second kappa shape index (κ2) is 8.31. The van der Waals surface area contributed by atoms with Gasteiger partial charge >= 0.3 is 0 Å². The van der Waals surface area contributed by atoms with Crippen molar-refractivity contribution in [3.05, 3.63) is 42.0 Å². The Hall–Kier alpha value is -3.06. The predicted octanol–water partition coefficient (Wildman–Crippen LogP) is 5.36. The quantitative estimate of drug-likeness (QED) is 0.421. The van der Waals surface area contributed by atoms with E-state index in [1.807, 2.05) is 24.7 Å². The third kappa shape index (κ3) is 3.72. The van der Waals surface area contributed by atoms with Gasteiger partial charge in [-0.2, -0.15) is 0 Å². The van der Waals surface area contributed by atoms with E-state index in [4.69, 9.17) is 14.7 Å². The second-order valence-electron chi connectivity index (χ2n) is 10.4. The molecular weight excluding hydrogens is 424 g/mol. The number of nitrogens with one attached hydrogen (secondary N) is 1. The van der Waals surface area contributed by atoms with Crippen LogP contribution in [0.2, 0.25) is 0 Å². The van der Waals surface area contributed by atoms with Gasteiger partial charge in [0.25, 0.3) is 0 Å². The van der Waals surface area contributed by atoms with Crippen molar-refractivity contribution in [1.82, 2.24) is 24.9 Å². The third-order valence-electron chi connectivity index (χ3n) is 7.30. The molecule has 4 aromatic heterocycles. The highest BCUT2D eigenvalue weighted by molar-refractivity contribution is 5.97. The largest absolute Gasteiger partial charge is 0.384 e. The average Bonchev–Trinajstić information content (AvgIpc) is 3.60. The fourth-order valence-electron chi connectivity index (χ4n) is 5.27. The van der Waals surface area contributed by atoms with Gasteiger partial charge in [-0.15, -0.1) is 0 Å². The van der Waals surface area contributed by atoms with Crippen molar-refractivity contribution < 1.29 is 4.74 Å². The Kier molecular flexibility index (Phi) is 5.25. The number of hydrogen-bond donors (Lipinski definition) is 1. The Morgan fingerprint density at radius 1 is 1.12 bits per heavy atom. The van der Waals surface area contributed by atoms with Crippen molar-refractivity contribution in [2.75, 3.05) is 31.7 Å². The van der Waals surface area contributed by atoms with Crippen LogP contribution in [0, 0.1) is 0 Å². The van der Waals surface area contributed by atoms with Gasteiger partial charge in [-0.1, -0.05) is 13.8 Å². The summed E-state index contributed by atoms with van der Waals surface area (Å²) in [6.07, 6.45) is 12.0. The van der Waals surface area contributed by atoms with Crippen LogP contribution in [0.1, 0.15) is 63.1 Å². The standard InChI is InChI=1S/C27H32N6O/c1-27(2,16-34-3)22-13-19-18(9-10-29-24(19)31-22)25-30-21-15-28-14-20(17-7-8-17)23(21)26(32-25)33-11-5-4-6-12-33/h9-10,13-15,17H,4-8,11-12,16H2,1-3H3,(H,29,31). The van der Waals surface area contributed by atoms with Crippen LogP contribution in [0.3, 0.4) is 0 Å². The minimum atomic E-state index is -0.154. The molecule has 1 aliphatic heterocycles. The van der Waals surface area contributed by atoms with Gasteiger partial charge in [0.15, 0.2) is 5.82 Å². The summed E-state index contributed by atoms with van der Waals surface area (Å²) in [6.45, 7) is 7.06. The van der Waals surface area contributed by atoms with Crippen LogP contribution in [0.25, 0.3) is 33.3 Å². The lowest BCUT2D eigenvalue weighted by Gasteiger charge is -2.29. The smallest absolute Gasteiger partial charge is 0.163 e. The minimum absolute atomic E-state index is 0.154. The highest BCUT2D eigenvalue weighted by Crippen LogP contribution is 2.45. The predicted molar refractivity (Wildman–Crippen MR) is 135 cm³/mol. The van der Waals surface area contributed by atoms with Crippen molar-refractivity contribution in [2.45, 2.75) is 57.3 Å². The van der Waals surface area contributed by atoms with Crippen molar-refractivity contribution in [1.29, 1.82) is 0 Å². The number of pyridine rings is 2. The Morgan fingerprint density at radius 3 is 2.71 bits per heavy atom. The lowest BCUT2D eigenvalue weighted by Crippen LogP contribution is -2.30. The number of aromatic amines is 1. The number of rotatable bonds is 6. The van der Waals surface area contributed by atoms with E-state index in [1.165, 1.54) is 43.1 Å². The van der Waals surface area contributed by atoms with Gasteiger partial charge in [0.1, 0.15) is 11.5 Å². The van der Waals surface area contributed by atoms with E-state index in [9.17, 15) is 0 Å². The molecule has 34 heavy (non-hydrogen) atoms. The summed E-state index contributed by atoms with van der Waals surface area (Å²) in [5.74, 6) is 2.41. The summed E-state index contributed by atoms with van der Waals surface area (Å²) in [6, 6.07) is 4.21. The van der Waals surface area contributed by atoms with Crippen LogP contribution >= 0.6 is 0 Å². The second-order valence-corrected chi connectivity index (χ2v) is 10.4. The molecule has 2 fully saturated rings. The molecule has 7 heteroatoms. The Bertz CT molecular complexity index is 1350. The van der Waals surface area contributed by atoms with Gasteiger partial charge in [-0.05, 0) is 55.7 Å². The number of anilines is 1. The highest BCUT2D eigenvalue weighted by atomic mass is 16.5.